The number of para-hydroxylation sites is 2. The molecule has 1 aliphatic heterocycles. The van der Waals surface area contributed by atoms with Gasteiger partial charge < -0.3 is 5.11 Å². The van der Waals surface area contributed by atoms with Gasteiger partial charge in [-0.3, -0.25) is 9.59 Å². The molecular weight excluding hydrogens is 242 g/mol. The highest BCUT2D eigenvalue weighted by molar-refractivity contribution is 6.22. The van der Waals surface area contributed by atoms with Crippen LogP contribution in [0.25, 0.3) is 0 Å². The predicted octanol–water partition coefficient (Wildman–Crippen LogP) is 2.24. The van der Waals surface area contributed by atoms with Gasteiger partial charge in [0.05, 0.1) is 17.5 Å². The molecule has 4 nitrogen and oxygen atoms in total. The van der Waals surface area contributed by atoms with Crippen molar-refractivity contribution >= 4 is 17.5 Å². The van der Waals surface area contributed by atoms with E-state index in [9.17, 15) is 14.7 Å². The SMILES string of the molecule is CC1=CC[C@@H]2C(=O)N(c3ccccc3O)C(=O)[C@H]2C1. The second-order valence-electron chi connectivity index (χ2n) is 5.20. The second kappa shape index (κ2) is 4.23. The highest BCUT2D eigenvalue weighted by atomic mass is 16.3. The van der Waals surface area contributed by atoms with E-state index in [2.05, 4.69) is 0 Å². The molecule has 2 atom stereocenters. The van der Waals surface area contributed by atoms with Crippen molar-refractivity contribution in [2.45, 2.75) is 19.8 Å². The number of phenolic OH excluding ortho intramolecular Hbond substituents is 1. The third-order valence-corrected chi connectivity index (χ3v) is 3.95. The number of hydrogen-bond donors (Lipinski definition) is 1. The highest BCUT2D eigenvalue weighted by Gasteiger charge is 2.49. The average molecular weight is 257 g/mol. The van der Waals surface area contributed by atoms with Gasteiger partial charge in [-0.1, -0.05) is 23.8 Å². The lowest BCUT2D eigenvalue weighted by molar-refractivity contribution is -0.122. The standard InChI is InChI=1S/C15H15NO3/c1-9-6-7-10-11(8-9)15(19)16(14(10)18)12-4-2-3-5-13(12)17/h2-6,10-11,17H,7-8H2,1H3/t10-,11-/m0/s1. The first-order valence-corrected chi connectivity index (χ1v) is 6.41. The van der Waals surface area contributed by atoms with Gasteiger partial charge >= 0.3 is 0 Å². The lowest BCUT2D eigenvalue weighted by atomic mass is 9.82. The largest absolute Gasteiger partial charge is 0.506 e. The van der Waals surface area contributed by atoms with Crippen LogP contribution in [0.3, 0.4) is 0 Å². The lowest BCUT2D eigenvalue weighted by Gasteiger charge is -2.18. The number of hydrogen-bond acceptors (Lipinski definition) is 3. The Balaban J connectivity index is 2.00. The van der Waals surface area contributed by atoms with Crippen molar-refractivity contribution < 1.29 is 14.7 Å². The number of carbonyl (C=O) groups is 2. The maximum atomic E-state index is 12.4. The molecule has 0 aromatic heterocycles. The molecule has 1 aliphatic carbocycles. The smallest absolute Gasteiger partial charge is 0.238 e. The van der Waals surface area contributed by atoms with Crippen molar-refractivity contribution in [1.82, 2.24) is 0 Å². The van der Waals surface area contributed by atoms with Gasteiger partial charge in [0, 0.05) is 0 Å². The van der Waals surface area contributed by atoms with Crippen LogP contribution in [0.1, 0.15) is 19.8 Å². The Kier molecular flexibility index (Phi) is 2.66. The summed E-state index contributed by atoms with van der Waals surface area (Å²) < 4.78 is 0. The Morgan fingerprint density at radius 3 is 2.58 bits per heavy atom. The van der Waals surface area contributed by atoms with Gasteiger partial charge in [0.1, 0.15) is 5.75 Å². The molecule has 4 heteroatoms. The minimum absolute atomic E-state index is 0.0347. The summed E-state index contributed by atoms with van der Waals surface area (Å²) in [6.45, 7) is 1.98. The van der Waals surface area contributed by atoms with Crippen molar-refractivity contribution in [3.8, 4) is 5.75 Å². The normalized spacial score (nSPS) is 26.4. The predicted molar refractivity (Wildman–Crippen MR) is 70.6 cm³/mol. The van der Waals surface area contributed by atoms with Crippen LogP contribution in [0, 0.1) is 11.8 Å². The zero-order valence-corrected chi connectivity index (χ0v) is 10.7. The quantitative estimate of drug-likeness (QED) is 0.620. The molecule has 2 amide bonds. The van der Waals surface area contributed by atoms with Crippen LogP contribution >= 0.6 is 0 Å². The fourth-order valence-electron chi connectivity index (χ4n) is 2.93. The number of phenols is 1. The van der Waals surface area contributed by atoms with Crippen LogP contribution in [0.5, 0.6) is 5.75 Å². The monoisotopic (exact) mass is 257 g/mol. The zero-order valence-electron chi connectivity index (χ0n) is 10.7. The number of carbonyl (C=O) groups excluding carboxylic acids is 2. The summed E-state index contributed by atoms with van der Waals surface area (Å²) in [7, 11) is 0. The van der Waals surface area contributed by atoms with Gasteiger partial charge in [-0.15, -0.1) is 0 Å². The Morgan fingerprint density at radius 2 is 1.84 bits per heavy atom. The average Bonchev–Trinajstić information content (AvgIpc) is 2.63. The minimum atomic E-state index is -0.268. The van der Waals surface area contributed by atoms with E-state index >= 15 is 0 Å². The number of amides is 2. The molecule has 0 unspecified atom stereocenters. The van der Waals surface area contributed by atoms with E-state index in [1.54, 1.807) is 18.2 Å². The Hall–Kier alpha value is -2.10. The number of allylic oxidation sites excluding steroid dienone is 2. The van der Waals surface area contributed by atoms with Gasteiger partial charge in [-0.05, 0) is 31.9 Å². The number of nitrogens with zero attached hydrogens (tertiary/aromatic N) is 1. The number of anilines is 1. The van der Waals surface area contributed by atoms with E-state index in [1.807, 2.05) is 13.0 Å². The van der Waals surface area contributed by atoms with E-state index < -0.39 is 0 Å². The van der Waals surface area contributed by atoms with Gasteiger partial charge in [0.25, 0.3) is 0 Å². The third-order valence-electron chi connectivity index (χ3n) is 3.95. The van der Waals surface area contributed by atoms with E-state index in [0.717, 1.165) is 10.5 Å². The Labute approximate surface area is 111 Å². The molecule has 98 valence electrons. The van der Waals surface area contributed by atoms with Gasteiger partial charge in [-0.2, -0.15) is 0 Å². The molecule has 1 heterocycles. The van der Waals surface area contributed by atoms with Crippen molar-refractivity contribution in [2.75, 3.05) is 4.90 Å². The van der Waals surface area contributed by atoms with Crippen molar-refractivity contribution in [2.24, 2.45) is 11.8 Å². The fourth-order valence-corrected chi connectivity index (χ4v) is 2.93. The molecular formula is C15H15NO3. The lowest BCUT2D eigenvalue weighted by Crippen LogP contribution is -2.30. The number of imide groups is 1. The summed E-state index contributed by atoms with van der Waals surface area (Å²) in [5.41, 5.74) is 1.45. The van der Waals surface area contributed by atoms with Crippen molar-refractivity contribution in [3.63, 3.8) is 0 Å². The molecule has 19 heavy (non-hydrogen) atoms. The highest BCUT2D eigenvalue weighted by Crippen LogP contribution is 2.41. The molecule has 1 N–H and O–H groups in total. The summed E-state index contributed by atoms with van der Waals surface area (Å²) >= 11 is 0. The van der Waals surface area contributed by atoms with E-state index in [4.69, 9.17) is 0 Å². The second-order valence-corrected chi connectivity index (χ2v) is 5.20. The number of aromatic hydroxyl groups is 1. The van der Waals surface area contributed by atoms with Gasteiger partial charge in [0.15, 0.2) is 0 Å². The molecule has 0 radical (unpaired) electrons. The number of benzene rings is 1. The van der Waals surface area contributed by atoms with E-state index in [-0.39, 0.29) is 29.4 Å². The van der Waals surface area contributed by atoms with Crippen LogP contribution in [-0.2, 0) is 9.59 Å². The molecule has 0 bridgehead atoms. The van der Waals surface area contributed by atoms with Gasteiger partial charge in [0.2, 0.25) is 11.8 Å². The molecule has 1 aromatic rings. The number of fused-ring (bicyclic) bond motifs is 1. The summed E-state index contributed by atoms with van der Waals surface area (Å²) in [6.07, 6.45) is 3.28. The van der Waals surface area contributed by atoms with Crippen molar-refractivity contribution in [1.29, 1.82) is 0 Å². The summed E-state index contributed by atoms with van der Waals surface area (Å²) in [5.74, 6) is -0.954. The van der Waals surface area contributed by atoms with Gasteiger partial charge in [-0.25, -0.2) is 4.90 Å². The molecule has 3 rings (SSSR count). The molecule has 0 saturated carbocycles. The van der Waals surface area contributed by atoms with E-state index in [0.29, 0.717) is 18.5 Å². The first-order valence-electron chi connectivity index (χ1n) is 6.41. The topological polar surface area (TPSA) is 57.6 Å². The minimum Gasteiger partial charge on any atom is -0.506 e. The summed E-state index contributed by atoms with van der Waals surface area (Å²) in [6, 6.07) is 6.47. The molecule has 1 fully saturated rings. The van der Waals surface area contributed by atoms with E-state index in [1.165, 1.54) is 6.07 Å². The third kappa shape index (κ3) is 1.75. The molecule has 2 aliphatic rings. The number of rotatable bonds is 1. The fraction of sp³-hybridized carbons (Fsp3) is 0.333. The maximum Gasteiger partial charge on any atom is 0.238 e. The van der Waals surface area contributed by atoms with Crippen LogP contribution in [0.2, 0.25) is 0 Å². The maximum absolute atomic E-state index is 12.4. The first-order chi connectivity index (χ1) is 9.09. The van der Waals surface area contributed by atoms with Crippen LogP contribution in [0.4, 0.5) is 5.69 Å². The van der Waals surface area contributed by atoms with Crippen molar-refractivity contribution in [3.05, 3.63) is 35.9 Å². The Bertz CT molecular complexity index is 591. The first kappa shape index (κ1) is 12.0. The molecule has 1 aromatic carbocycles. The van der Waals surface area contributed by atoms with Crippen LogP contribution in [-0.4, -0.2) is 16.9 Å². The Morgan fingerprint density at radius 1 is 1.16 bits per heavy atom. The van der Waals surface area contributed by atoms with Crippen LogP contribution < -0.4 is 4.90 Å². The molecule has 0 spiro atoms. The summed E-state index contributed by atoms with van der Waals surface area (Å²) in [5, 5.41) is 9.83. The summed E-state index contributed by atoms with van der Waals surface area (Å²) in [4.78, 5) is 25.9. The zero-order chi connectivity index (χ0) is 13.6. The molecule has 1 saturated heterocycles. The van der Waals surface area contributed by atoms with Crippen LogP contribution in [0.15, 0.2) is 35.9 Å².